The number of nitrogens with two attached hydrogens (primary N) is 1. The summed E-state index contributed by atoms with van der Waals surface area (Å²) in [5.74, 6) is 0.249. The SMILES string of the molecule is Nc1cc(CNC=O)ccn1.O=C(O)CNC(CC1CCCCC1)C(=O)N1CCCC1. The Labute approximate surface area is 183 Å². The van der Waals surface area contributed by atoms with E-state index in [9.17, 15) is 14.4 Å². The Morgan fingerprint density at radius 1 is 1.23 bits per heavy atom. The summed E-state index contributed by atoms with van der Waals surface area (Å²) in [6, 6.07) is 3.20. The number of carbonyl (C=O) groups is 3. The smallest absolute Gasteiger partial charge is 0.317 e. The maximum Gasteiger partial charge on any atom is 0.317 e. The number of carboxylic acids is 1. The number of anilines is 1. The van der Waals surface area contributed by atoms with E-state index in [1.54, 1.807) is 18.3 Å². The molecule has 1 unspecified atom stereocenters. The molecule has 5 N–H and O–H groups in total. The zero-order valence-corrected chi connectivity index (χ0v) is 18.1. The second kappa shape index (κ2) is 13.6. The molecule has 1 aromatic rings. The molecule has 1 saturated heterocycles. The molecular weight excluding hydrogens is 398 g/mol. The van der Waals surface area contributed by atoms with E-state index in [0.29, 0.717) is 24.7 Å². The Morgan fingerprint density at radius 2 is 1.94 bits per heavy atom. The van der Waals surface area contributed by atoms with E-state index in [1.807, 2.05) is 4.90 Å². The van der Waals surface area contributed by atoms with Crippen LogP contribution in [-0.2, 0) is 20.9 Å². The van der Waals surface area contributed by atoms with Crippen LogP contribution in [0.2, 0.25) is 0 Å². The van der Waals surface area contributed by atoms with Gasteiger partial charge in [-0.25, -0.2) is 4.98 Å². The molecule has 2 aliphatic rings. The van der Waals surface area contributed by atoms with E-state index in [-0.39, 0.29) is 18.5 Å². The highest BCUT2D eigenvalue weighted by atomic mass is 16.4. The Kier molecular flexibility index (Phi) is 10.8. The number of hydrogen-bond donors (Lipinski definition) is 4. The van der Waals surface area contributed by atoms with Gasteiger partial charge in [-0.1, -0.05) is 32.1 Å². The van der Waals surface area contributed by atoms with Crippen molar-refractivity contribution in [2.45, 2.75) is 64.0 Å². The summed E-state index contributed by atoms with van der Waals surface area (Å²) < 4.78 is 0. The van der Waals surface area contributed by atoms with E-state index in [2.05, 4.69) is 15.6 Å². The minimum atomic E-state index is -0.895. The van der Waals surface area contributed by atoms with Crippen LogP contribution in [0.15, 0.2) is 18.3 Å². The standard InChI is InChI=1S/C15H26N2O3.C7H9N3O/c18-14(19)11-16-13(10-12-6-2-1-3-7-12)15(20)17-8-4-5-9-17;8-7-3-6(1-2-10-7)4-9-5-11/h12-13,16H,1-11H2,(H,18,19);1-3,5H,4H2,(H2,8,10)(H,9,11). The first-order valence-corrected chi connectivity index (χ1v) is 11.1. The lowest BCUT2D eigenvalue weighted by molar-refractivity contribution is -0.137. The molecule has 0 bridgehead atoms. The van der Waals surface area contributed by atoms with Crippen LogP contribution in [0.1, 0.15) is 56.9 Å². The fraction of sp³-hybridized carbons (Fsp3) is 0.636. The van der Waals surface area contributed by atoms with Crippen molar-refractivity contribution in [3.63, 3.8) is 0 Å². The average Bonchev–Trinajstić information content (AvgIpc) is 3.31. The summed E-state index contributed by atoms with van der Waals surface area (Å²) in [7, 11) is 0. The summed E-state index contributed by atoms with van der Waals surface area (Å²) in [6.07, 6.45) is 11.3. The summed E-state index contributed by atoms with van der Waals surface area (Å²) in [4.78, 5) is 38.9. The molecule has 2 fully saturated rings. The molecule has 1 atom stereocenters. The number of aliphatic carboxylic acids is 1. The Bertz CT molecular complexity index is 703. The van der Waals surface area contributed by atoms with Gasteiger partial charge < -0.3 is 21.1 Å². The topological polar surface area (TPSA) is 138 Å². The van der Waals surface area contributed by atoms with Gasteiger partial charge in [0.05, 0.1) is 12.6 Å². The highest BCUT2D eigenvalue weighted by molar-refractivity contribution is 5.82. The van der Waals surface area contributed by atoms with Gasteiger partial charge in [-0.2, -0.15) is 0 Å². The average molecular weight is 434 g/mol. The first-order valence-electron chi connectivity index (χ1n) is 11.1. The molecule has 31 heavy (non-hydrogen) atoms. The van der Waals surface area contributed by atoms with Crippen molar-refractivity contribution < 1.29 is 19.5 Å². The molecule has 1 aliphatic heterocycles. The highest BCUT2D eigenvalue weighted by Crippen LogP contribution is 2.28. The number of carbonyl (C=O) groups excluding carboxylic acids is 2. The molecular formula is C22H35N5O4. The highest BCUT2D eigenvalue weighted by Gasteiger charge is 2.29. The van der Waals surface area contributed by atoms with Gasteiger partial charge >= 0.3 is 5.97 Å². The molecule has 3 rings (SSSR count). The van der Waals surface area contributed by atoms with Gasteiger partial charge in [-0.3, -0.25) is 19.7 Å². The van der Waals surface area contributed by atoms with Crippen molar-refractivity contribution in [1.29, 1.82) is 0 Å². The summed E-state index contributed by atoms with van der Waals surface area (Å²) >= 11 is 0. The summed E-state index contributed by atoms with van der Waals surface area (Å²) in [5.41, 5.74) is 6.35. The Morgan fingerprint density at radius 3 is 2.55 bits per heavy atom. The fourth-order valence-corrected chi connectivity index (χ4v) is 4.16. The Balaban J connectivity index is 0.000000262. The number of amides is 2. The van der Waals surface area contributed by atoms with Crippen LogP contribution in [0.5, 0.6) is 0 Å². The lowest BCUT2D eigenvalue weighted by atomic mass is 9.84. The third kappa shape index (κ3) is 9.33. The van der Waals surface area contributed by atoms with Crippen molar-refractivity contribution >= 4 is 24.1 Å². The molecule has 1 aromatic heterocycles. The van der Waals surface area contributed by atoms with Crippen molar-refractivity contribution in [3.05, 3.63) is 23.9 Å². The molecule has 9 nitrogen and oxygen atoms in total. The van der Waals surface area contributed by atoms with Crippen molar-refractivity contribution in [2.75, 3.05) is 25.4 Å². The number of rotatable bonds is 9. The van der Waals surface area contributed by atoms with E-state index in [1.165, 1.54) is 32.1 Å². The summed E-state index contributed by atoms with van der Waals surface area (Å²) in [5, 5.41) is 14.3. The summed E-state index contributed by atoms with van der Waals surface area (Å²) in [6.45, 7) is 2.02. The van der Waals surface area contributed by atoms with Gasteiger partial charge in [0.1, 0.15) is 5.82 Å². The van der Waals surface area contributed by atoms with Crippen LogP contribution < -0.4 is 16.4 Å². The van der Waals surface area contributed by atoms with Crippen LogP contribution >= 0.6 is 0 Å². The molecule has 2 amide bonds. The lowest BCUT2D eigenvalue weighted by Gasteiger charge is -2.29. The van der Waals surface area contributed by atoms with Gasteiger partial charge in [0.2, 0.25) is 12.3 Å². The molecule has 1 aliphatic carbocycles. The molecule has 0 aromatic carbocycles. The quantitative estimate of drug-likeness (QED) is 0.433. The fourth-order valence-electron chi connectivity index (χ4n) is 4.16. The van der Waals surface area contributed by atoms with Crippen molar-refractivity contribution in [1.82, 2.24) is 20.5 Å². The number of carboxylic acid groups (broad SMARTS) is 1. The number of hydrogen-bond acceptors (Lipinski definition) is 6. The third-order valence-electron chi connectivity index (χ3n) is 5.74. The van der Waals surface area contributed by atoms with Crippen LogP contribution in [0.3, 0.4) is 0 Å². The minimum Gasteiger partial charge on any atom is -0.480 e. The number of nitrogen functional groups attached to an aromatic ring is 1. The Hall–Kier alpha value is -2.68. The largest absolute Gasteiger partial charge is 0.480 e. The number of pyridine rings is 1. The first-order chi connectivity index (χ1) is 15.0. The minimum absolute atomic E-state index is 0.106. The molecule has 0 radical (unpaired) electrons. The van der Waals surface area contributed by atoms with Crippen LogP contribution in [0.25, 0.3) is 0 Å². The molecule has 172 valence electrons. The van der Waals surface area contributed by atoms with Crippen LogP contribution in [0, 0.1) is 5.92 Å². The van der Waals surface area contributed by atoms with Crippen molar-refractivity contribution in [3.8, 4) is 0 Å². The van der Waals surface area contributed by atoms with Gasteiger partial charge in [0.25, 0.3) is 0 Å². The molecule has 9 heteroatoms. The van der Waals surface area contributed by atoms with Gasteiger partial charge in [0.15, 0.2) is 0 Å². The van der Waals surface area contributed by atoms with E-state index in [0.717, 1.165) is 37.9 Å². The number of likely N-dealkylation sites (tertiary alicyclic amines) is 1. The predicted octanol–water partition coefficient (Wildman–Crippen LogP) is 1.53. The van der Waals surface area contributed by atoms with E-state index >= 15 is 0 Å². The van der Waals surface area contributed by atoms with E-state index in [4.69, 9.17) is 10.8 Å². The lowest BCUT2D eigenvalue weighted by Crippen LogP contribution is -2.48. The van der Waals surface area contributed by atoms with Crippen molar-refractivity contribution in [2.24, 2.45) is 5.92 Å². The molecule has 2 heterocycles. The van der Waals surface area contributed by atoms with Crippen LogP contribution in [0.4, 0.5) is 5.82 Å². The third-order valence-corrected chi connectivity index (χ3v) is 5.74. The second-order valence-electron chi connectivity index (χ2n) is 8.19. The van der Waals surface area contributed by atoms with Gasteiger partial charge in [0, 0.05) is 25.8 Å². The number of nitrogens with one attached hydrogen (secondary N) is 2. The predicted molar refractivity (Wildman–Crippen MR) is 118 cm³/mol. The first kappa shape index (κ1) is 24.6. The maximum absolute atomic E-state index is 12.5. The normalized spacial score (nSPS) is 17.4. The van der Waals surface area contributed by atoms with E-state index < -0.39 is 5.97 Å². The van der Waals surface area contributed by atoms with Gasteiger partial charge in [-0.05, 0) is 42.9 Å². The monoisotopic (exact) mass is 433 g/mol. The maximum atomic E-state index is 12.5. The number of nitrogens with zero attached hydrogens (tertiary/aromatic N) is 2. The van der Waals surface area contributed by atoms with Gasteiger partial charge in [-0.15, -0.1) is 0 Å². The zero-order valence-electron chi connectivity index (χ0n) is 18.1. The number of aromatic nitrogens is 1. The second-order valence-corrected chi connectivity index (χ2v) is 8.19. The zero-order chi connectivity index (χ0) is 22.5. The van der Waals surface area contributed by atoms with Crippen LogP contribution in [-0.4, -0.2) is 59.0 Å². The molecule has 1 saturated carbocycles. The molecule has 0 spiro atoms.